The summed E-state index contributed by atoms with van der Waals surface area (Å²) in [5.74, 6) is -0.304. The monoisotopic (exact) mass is 256 g/mol. The van der Waals surface area contributed by atoms with E-state index in [2.05, 4.69) is 9.80 Å². The molecule has 2 fully saturated rings. The highest BCUT2D eigenvalue weighted by Crippen LogP contribution is 2.27. The summed E-state index contributed by atoms with van der Waals surface area (Å²) >= 11 is 0. The molecule has 1 unspecified atom stereocenters. The molecule has 1 aliphatic carbocycles. The number of aliphatic hydroxyl groups is 1. The van der Waals surface area contributed by atoms with E-state index in [-0.39, 0.29) is 12.4 Å². The predicted octanol–water partition coefficient (Wildman–Crippen LogP) is 0.0805. The van der Waals surface area contributed by atoms with Gasteiger partial charge in [-0.3, -0.25) is 14.6 Å². The second kappa shape index (κ2) is 6.50. The van der Waals surface area contributed by atoms with Crippen LogP contribution in [-0.4, -0.2) is 72.4 Å². The Balaban J connectivity index is 1.62. The second-order valence-corrected chi connectivity index (χ2v) is 5.23. The number of piperazine rings is 1. The molecule has 1 atom stereocenters. The van der Waals surface area contributed by atoms with Crippen molar-refractivity contribution in [1.82, 2.24) is 9.80 Å². The molecule has 2 aliphatic rings. The van der Waals surface area contributed by atoms with E-state index in [1.165, 1.54) is 12.8 Å². The van der Waals surface area contributed by atoms with E-state index in [4.69, 9.17) is 4.74 Å². The van der Waals surface area contributed by atoms with Crippen LogP contribution in [0, 0.1) is 0 Å². The first-order chi connectivity index (χ1) is 8.69. The Labute approximate surface area is 109 Å². The van der Waals surface area contributed by atoms with Gasteiger partial charge in [-0.25, -0.2) is 0 Å². The Bertz CT molecular complexity index is 273. The Hall–Kier alpha value is -0.650. The van der Waals surface area contributed by atoms with Crippen molar-refractivity contribution in [2.45, 2.75) is 38.3 Å². The van der Waals surface area contributed by atoms with Gasteiger partial charge in [0, 0.05) is 38.8 Å². The maximum Gasteiger partial charge on any atom is 0.308 e. The lowest BCUT2D eigenvalue weighted by Gasteiger charge is -2.35. The minimum absolute atomic E-state index is 0.108. The SMILES string of the molecule is CCOC(=O)CC(O)CN1CCN(C2CC2)CC1. The van der Waals surface area contributed by atoms with Crippen LogP contribution in [0.5, 0.6) is 0 Å². The maximum absolute atomic E-state index is 11.2. The minimum Gasteiger partial charge on any atom is -0.466 e. The summed E-state index contributed by atoms with van der Waals surface area (Å²) in [6.45, 7) is 6.92. The van der Waals surface area contributed by atoms with Gasteiger partial charge >= 0.3 is 5.97 Å². The maximum atomic E-state index is 11.2. The zero-order valence-electron chi connectivity index (χ0n) is 11.2. The Kier molecular flexibility index (Phi) is 4.97. The van der Waals surface area contributed by atoms with E-state index in [0.717, 1.165) is 32.2 Å². The number of hydrogen-bond acceptors (Lipinski definition) is 5. The molecule has 0 aromatic rings. The van der Waals surface area contributed by atoms with Crippen molar-refractivity contribution in [2.24, 2.45) is 0 Å². The Morgan fingerprint density at radius 2 is 2.00 bits per heavy atom. The summed E-state index contributed by atoms with van der Waals surface area (Å²) < 4.78 is 4.83. The summed E-state index contributed by atoms with van der Waals surface area (Å²) in [7, 11) is 0. The molecule has 5 heteroatoms. The molecule has 0 amide bonds. The molecule has 1 aliphatic heterocycles. The first kappa shape index (κ1) is 13.8. The molecule has 1 heterocycles. The van der Waals surface area contributed by atoms with Crippen LogP contribution in [0.1, 0.15) is 26.2 Å². The molecule has 2 rings (SSSR count). The van der Waals surface area contributed by atoms with Crippen LogP contribution in [0.15, 0.2) is 0 Å². The number of nitrogens with zero attached hydrogens (tertiary/aromatic N) is 2. The molecule has 0 spiro atoms. The van der Waals surface area contributed by atoms with E-state index < -0.39 is 6.10 Å². The molecule has 1 N–H and O–H groups in total. The van der Waals surface area contributed by atoms with Crippen LogP contribution >= 0.6 is 0 Å². The fraction of sp³-hybridized carbons (Fsp3) is 0.923. The van der Waals surface area contributed by atoms with Crippen molar-refractivity contribution in [3.05, 3.63) is 0 Å². The number of rotatable bonds is 6. The summed E-state index contributed by atoms with van der Waals surface area (Å²) in [6, 6.07) is 0.830. The van der Waals surface area contributed by atoms with Crippen LogP contribution in [0.4, 0.5) is 0 Å². The third kappa shape index (κ3) is 4.23. The topological polar surface area (TPSA) is 53.0 Å². The number of aliphatic hydroxyl groups excluding tert-OH is 1. The van der Waals surface area contributed by atoms with Crippen LogP contribution in [0.25, 0.3) is 0 Å². The summed E-state index contributed by atoms with van der Waals surface area (Å²) in [5.41, 5.74) is 0. The summed E-state index contributed by atoms with van der Waals surface area (Å²) in [5, 5.41) is 9.83. The number of ether oxygens (including phenoxy) is 1. The van der Waals surface area contributed by atoms with E-state index in [0.29, 0.717) is 13.2 Å². The van der Waals surface area contributed by atoms with Crippen molar-refractivity contribution in [1.29, 1.82) is 0 Å². The van der Waals surface area contributed by atoms with Gasteiger partial charge in [0.2, 0.25) is 0 Å². The van der Waals surface area contributed by atoms with Crippen molar-refractivity contribution >= 4 is 5.97 Å². The van der Waals surface area contributed by atoms with Gasteiger partial charge < -0.3 is 9.84 Å². The molecule has 0 radical (unpaired) electrons. The van der Waals surface area contributed by atoms with E-state index >= 15 is 0 Å². The molecule has 0 bridgehead atoms. The minimum atomic E-state index is -0.600. The number of hydrogen-bond donors (Lipinski definition) is 1. The standard InChI is InChI=1S/C13H24N2O3/c1-2-18-13(17)9-12(16)10-14-5-7-15(8-6-14)11-3-4-11/h11-12,16H,2-10H2,1H3. The second-order valence-electron chi connectivity index (χ2n) is 5.23. The molecule has 0 aromatic carbocycles. The Morgan fingerprint density at radius 3 is 2.56 bits per heavy atom. The van der Waals surface area contributed by atoms with Gasteiger partial charge in [0.15, 0.2) is 0 Å². The highest BCUT2D eigenvalue weighted by Gasteiger charge is 2.31. The van der Waals surface area contributed by atoms with E-state index in [1.54, 1.807) is 6.92 Å². The van der Waals surface area contributed by atoms with Crippen molar-refractivity contribution in [2.75, 3.05) is 39.3 Å². The molecular formula is C13H24N2O3. The fourth-order valence-corrected chi connectivity index (χ4v) is 2.53. The fourth-order valence-electron chi connectivity index (χ4n) is 2.53. The van der Waals surface area contributed by atoms with Crippen LogP contribution in [0.3, 0.4) is 0 Å². The zero-order chi connectivity index (χ0) is 13.0. The van der Waals surface area contributed by atoms with Crippen molar-refractivity contribution in [3.8, 4) is 0 Å². The third-order valence-electron chi connectivity index (χ3n) is 3.65. The molecule has 0 aromatic heterocycles. The normalized spacial score (nSPS) is 23.9. The van der Waals surface area contributed by atoms with Crippen LogP contribution in [-0.2, 0) is 9.53 Å². The van der Waals surface area contributed by atoms with Gasteiger partial charge in [-0.2, -0.15) is 0 Å². The average molecular weight is 256 g/mol. The molecule has 18 heavy (non-hydrogen) atoms. The third-order valence-corrected chi connectivity index (χ3v) is 3.65. The lowest BCUT2D eigenvalue weighted by molar-refractivity contribution is -0.145. The zero-order valence-corrected chi connectivity index (χ0v) is 11.2. The number of esters is 1. The van der Waals surface area contributed by atoms with Crippen LogP contribution in [0.2, 0.25) is 0 Å². The predicted molar refractivity (Wildman–Crippen MR) is 68.3 cm³/mol. The van der Waals surface area contributed by atoms with Gasteiger partial charge in [-0.1, -0.05) is 0 Å². The quantitative estimate of drug-likeness (QED) is 0.682. The van der Waals surface area contributed by atoms with Gasteiger partial charge in [0.1, 0.15) is 0 Å². The van der Waals surface area contributed by atoms with Crippen LogP contribution < -0.4 is 0 Å². The molecular weight excluding hydrogens is 232 g/mol. The number of carbonyl (C=O) groups is 1. The summed E-state index contributed by atoms with van der Waals surface area (Å²) in [4.78, 5) is 16.0. The van der Waals surface area contributed by atoms with Gasteiger partial charge in [-0.05, 0) is 19.8 Å². The van der Waals surface area contributed by atoms with Crippen molar-refractivity contribution in [3.63, 3.8) is 0 Å². The molecule has 1 saturated carbocycles. The average Bonchev–Trinajstić information content (AvgIpc) is 3.14. The van der Waals surface area contributed by atoms with E-state index in [1.807, 2.05) is 0 Å². The van der Waals surface area contributed by atoms with E-state index in [9.17, 15) is 9.90 Å². The lowest BCUT2D eigenvalue weighted by atomic mass is 10.2. The van der Waals surface area contributed by atoms with Gasteiger partial charge in [0.25, 0.3) is 0 Å². The first-order valence-electron chi connectivity index (χ1n) is 6.99. The first-order valence-corrected chi connectivity index (χ1v) is 6.99. The number of β-amino-alcohol motifs (C(OH)–C–C–N with tert-alkyl or cyclic N) is 1. The molecule has 104 valence electrons. The largest absolute Gasteiger partial charge is 0.466 e. The summed E-state index contributed by atoms with van der Waals surface area (Å²) in [6.07, 6.45) is 2.21. The Morgan fingerprint density at radius 1 is 1.33 bits per heavy atom. The highest BCUT2D eigenvalue weighted by molar-refractivity contribution is 5.69. The molecule has 5 nitrogen and oxygen atoms in total. The smallest absolute Gasteiger partial charge is 0.308 e. The number of carbonyl (C=O) groups excluding carboxylic acids is 1. The molecule has 1 saturated heterocycles. The van der Waals surface area contributed by atoms with Crippen molar-refractivity contribution < 1.29 is 14.6 Å². The lowest BCUT2D eigenvalue weighted by Crippen LogP contribution is -2.49. The van der Waals surface area contributed by atoms with Gasteiger partial charge in [0.05, 0.1) is 19.1 Å². The van der Waals surface area contributed by atoms with Gasteiger partial charge in [-0.15, -0.1) is 0 Å². The highest BCUT2D eigenvalue weighted by atomic mass is 16.5.